The Morgan fingerprint density at radius 1 is 0.388 bits per heavy atom. The number of fused-ring (bicyclic) bond motifs is 10. The maximum Gasteiger partial charge on any atom is 0.169 e. The van der Waals surface area contributed by atoms with Gasteiger partial charge in [-0.05, 0) is 156 Å². The SMILES string of the molecule is Cc1cc(C(C)(C)C)cc(C)c1-c1ccc2c(c1)C1(c3cc(-c4c(C)cc(C(C)(C)C)cc4C)ccc3-2)c2ccccc2-c2c(C3=NC(c4ccccc4)N=C(c4ccccc4)N3)cccc21. The first-order valence-corrected chi connectivity index (χ1v) is 23.9. The highest BCUT2D eigenvalue weighted by atomic mass is 15.2. The van der Waals surface area contributed by atoms with Crippen LogP contribution in [-0.2, 0) is 16.2 Å². The molecule has 1 heterocycles. The van der Waals surface area contributed by atoms with E-state index >= 15 is 0 Å². The highest BCUT2D eigenvalue weighted by molar-refractivity contribution is 6.19. The van der Waals surface area contributed by atoms with Crippen LogP contribution in [0.25, 0.3) is 44.5 Å². The number of benzene rings is 8. The maximum atomic E-state index is 5.46. The zero-order chi connectivity index (χ0) is 46.6. The van der Waals surface area contributed by atoms with Gasteiger partial charge in [0.1, 0.15) is 11.7 Å². The smallest absolute Gasteiger partial charge is 0.169 e. The van der Waals surface area contributed by atoms with E-state index in [0.29, 0.717) is 0 Å². The quantitative estimate of drug-likeness (QED) is 0.184. The third-order valence-corrected chi connectivity index (χ3v) is 14.7. The summed E-state index contributed by atoms with van der Waals surface area (Å²) in [5, 5.41) is 3.78. The third kappa shape index (κ3) is 6.76. The van der Waals surface area contributed by atoms with Crippen LogP contribution in [0.4, 0.5) is 0 Å². The Morgan fingerprint density at radius 3 is 1.39 bits per heavy atom. The molecular formula is C64H59N3. The molecule has 3 nitrogen and oxygen atoms in total. The number of nitrogens with one attached hydrogen (secondary N) is 1. The van der Waals surface area contributed by atoms with Gasteiger partial charge in [-0.3, -0.25) is 0 Å². The van der Waals surface area contributed by atoms with E-state index in [0.717, 1.165) is 28.4 Å². The van der Waals surface area contributed by atoms with Gasteiger partial charge in [0.25, 0.3) is 0 Å². The molecule has 1 N–H and O–H groups in total. The fourth-order valence-corrected chi connectivity index (χ4v) is 11.5. The van der Waals surface area contributed by atoms with Crippen molar-refractivity contribution in [2.45, 2.75) is 91.6 Å². The molecule has 1 spiro atoms. The molecule has 8 aromatic rings. The van der Waals surface area contributed by atoms with Crippen molar-refractivity contribution >= 4 is 11.7 Å². The number of aliphatic imine (C=N–C) groups is 2. The predicted octanol–water partition coefficient (Wildman–Crippen LogP) is 15.7. The monoisotopic (exact) mass is 869 g/mol. The number of hydrogen-bond donors (Lipinski definition) is 1. The van der Waals surface area contributed by atoms with Gasteiger partial charge >= 0.3 is 0 Å². The van der Waals surface area contributed by atoms with Crippen LogP contribution in [-0.4, -0.2) is 11.7 Å². The van der Waals surface area contributed by atoms with Crippen molar-refractivity contribution < 1.29 is 0 Å². The standard InChI is InChI=1S/C64H59N3/c1-38-32-46(62(5,6)7)33-39(2)56(38)44-28-30-48-49-31-29-45(57-40(3)34-47(35-41(57)4)63(8,9)10)37-55(49)64(54(48)36-44)52-26-18-17-24-50(52)58-51(25-19-27-53(58)64)61-66-59(42-20-13-11-14-21-42)65-60(67-61)43-22-15-12-16-23-43/h11-37,59H,1-10H3,(H,65,66,67). The second-order valence-electron chi connectivity index (χ2n) is 21.2. The van der Waals surface area contributed by atoms with Crippen LogP contribution in [0.2, 0.25) is 0 Å². The Hall–Kier alpha value is -7.10. The van der Waals surface area contributed by atoms with Crippen LogP contribution in [0.3, 0.4) is 0 Å². The zero-order valence-electron chi connectivity index (χ0n) is 40.6. The second-order valence-corrected chi connectivity index (χ2v) is 21.2. The highest BCUT2D eigenvalue weighted by Crippen LogP contribution is 2.64. The minimum absolute atomic E-state index is 0.0560. The van der Waals surface area contributed by atoms with Gasteiger partial charge in [0, 0.05) is 11.1 Å². The minimum atomic E-state index is -0.608. The summed E-state index contributed by atoms with van der Waals surface area (Å²) < 4.78 is 0. The van der Waals surface area contributed by atoms with Crippen LogP contribution < -0.4 is 5.32 Å². The lowest BCUT2D eigenvalue weighted by Crippen LogP contribution is -2.36. The molecule has 0 aromatic heterocycles. The van der Waals surface area contributed by atoms with Gasteiger partial charge in [0.2, 0.25) is 0 Å². The topological polar surface area (TPSA) is 36.8 Å². The highest BCUT2D eigenvalue weighted by Gasteiger charge is 2.53. The largest absolute Gasteiger partial charge is 0.324 e. The molecule has 0 saturated carbocycles. The van der Waals surface area contributed by atoms with E-state index in [1.54, 1.807) is 0 Å². The molecule has 11 rings (SSSR count). The van der Waals surface area contributed by atoms with E-state index in [2.05, 4.69) is 238 Å². The molecule has 1 aliphatic heterocycles. The predicted molar refractivity (Wildman–Crippen MR) is 282 cm³/mol. The zero-order valence-corrected chi connectivity index (χ0v) is 40.6. The maximum absolute atomic E-state index is 5.46. The molecule has 0 radical (unpaired) electrons. The van der Waals surface area contributed by atoms with Crippen LogP contribution in [0.5, 0.6) is 0 Å². The van der Waals surface area contributed by atoms with Crippen molar-refractivity contribution in [3.63, 3.8) is 0 Å². The molecule has 3 aliphatic rings. The van der Waals surface area contributed by atoms with E-state index in [1.165, 1.54) is 100 Å². The molecule has 0 bridgehead atoms. The van der Waals surface area contributed by atoms with Gasteiger partial charge in [-0.15, -0.1) is 0 Å². The average Bonchev–Trinajstić information content (AvgIpc) is 3.78. The van der Waals surface area contributed by atoms with Crippen molar-refractivity contribution in [3.8, 4) is 44.5 Å². The summed E-state index contributed by atoms with van der Waals surface area (Å²) in [5.41, 5.74) is 26.0. The Morgan fingerprint density at radius 2 is 0.851 bits per heavy atom. The Balaban J connectivity index is 1.18. The summed E-state index contributed by atoms with van der Waals surface area (Å²) in [6, 6.07) is 61.2. The molecule has 8 aromatic carbocycles. The molecule has 1 atom stereocenters. The van der Waals surface area contributed by atoms with E-state index < -0.39 is 11.6 Å². The van der Waals surface area contributed by atoms with Gasteiger partial charge in [0.15, 0.2) is 6.17 Å². The van der Waals surface area contributed by atoms with Crippen molar-refractivity contribution in [3.05, 3.63) is 236 Å². The van der Waals surface area contributed by atoms with Crippen LogP contribution >= 0.6 is 0 Å². The molecular weight excluding hydrogens is 811 g/mol. The molecule has 2 aliphatic carbocycles. The Bertz CT molecular complexity index is 3210. The normalized spacial score (nSPS) is 15.6. The molecule has 67 heavy (non-hydrogen) atoms. The van der Waals surface area contributed by atoms with E-state index in [1.807, 2.05) is 0 Å². The summed E-state index contributed by atoms with van der Waals surface area (Å²) in [4.78, 5) is 10.7. The molecule has 1 unspecified atom stereocenters. The van der Waals surface area contributed by atoms with E-state index in [9.17, 15) is 0 Å². The summed E-state index contributed by atoms with van der Waals surface area (Å²) in [7, 11) is 0. The lowest BCUT2D eigenvalue weighted by Gasteiger charge is -2.32. The van der Waals surface area contributed by atoms with E-state index in [-0.39, 0.29) is 10.8 Å². The van der Waals surface area contributed by atoms with Crippen molar-refractivity contribution in [1.82, 2.24) is 5.32 Å². The molecule has 3 heteroatoms. The Kier molecular flexibility index (Phi) is 9.83. The van der Waals surface area contributed by atoms with Gasteiger partial charge in [-0.1, -0.05) is 193 Å². The number of nitrogens with zero attached hydrogens (tertiary/aromatic N) is 2. The van der Waals surface area contributed by atoms with Crippen molar-refractivity contribution in [1.29, 1.82) is 0 Å². The van der Waals surface area contributed by atoms with E-state index in [4.69, 9.17) is 9.98 Å². The number of rotatable bonds is 5. The summed E-state index contributed by atoms with van der Waals surface area (Å²) >= 11 is 0. The lowest BCUT2D eigenvalue weighted by atomic mass is 9.69. The number of aryl methyl sites for hydroxylation is 4. The summed E-state index contributed by atoms with van der Waals surface area (Å²) in [5.74, 6) is 1.64. The first-order chi connectivity index (χ1) is 32.1. The lowest BCUT2D eigenvalue weighted by molar-refractivity contribution is 0.589. The van der Waals surface area contributed by atoms with Crippen LogP contribution in [0.1, 0.15) is 120 Å². The van der Waals surface area contributed by atoms with Crippen LogP contribution in [0, 0.1) is 27.7 Å². The van der Waals surface area contributed by atoms with Gasteiger partial charge in [-0.2, -0.15) is 0 Å². The molecule has 330 valence electrons. The van der Waals surface area contributed by atoms with Crippen molar-refractivity contribution in [2.24, 2.45) is 9.98 Å². The molecule has 0 fully saturated rings. The number of amidine groups is 2. The molecule has 0 amide bonds. The van der Waals surface area contributed by atoms with Gasteiger partial charge < -0.3 is 5.32 Å². The minimum Gasteiger partial charge on any atom is -0.324 e. The number of hydrogen-bond acceptors (Lipinski definition) is 3. The third-order valence-electron chi connectivity index (χ3n) is 14.7. The second kappa shape index (κ2) is 15.5. The molecule has 0 saturated heterocycles. The Labute approximate surface area is 397 Å². The summed E-state index contributed by atoms with van der Waals surface area (Å²) in [6.07, 6.45) is -0.403. The van der Waals surface area contributed by atoms with Gasteiger partial charge in [-0.25, -0.2) is 9.98 Å². The van der Waals surface area contributed by atoms with Crippen LogP contribution in [0.15, 0.2) is 174 Å². The fourth-order valence-electron chi connectivity index (χ4n) is 11.5. The first-order valence-electron chi connectivity index (χ1n) is 23.9. The average molecular weight is 870 g/mol. The first kappa shape index (κ1) is 42.5. The van der Waals surface area contributed by atoms with Crippen molar-refractivity contribution in [2.75, 3.05) is 0 Å². The fraction of sp³-hybridized carbons (Fsp3) is 0.219. The summed E-state index contributed by atoms with van der Waals surface area (Å²) in [6.45, 7) is 23.0. The van der Waals surface area contributed by atoms with Gasteiger partial charge in [0.05, 0.1) is 5.41 Å².